The van der Waals surface area contributed by atoms with Gasteiger partial charge in [0.05, 0.1) is 31.4 Å². The third kappa shape index (κ3) is 5.87. The molecule has 0 aliphatic carbocycles. The first kappa shape index (κ1) is 30.3. The van der Waals surface area contributed by atoms with Gasteiger partial charge in [0.25, 0.3) is 31.4 Å². The Bertz CT molecular complexity index is 2030. The van der Waals surface area contributed by atoms with Gasteiger partial charge in [0.1, 0.15) is 0 Å². The second-order valence-corrected chi connectivity index (χ2v) is 13.5. The summed E-state index contributed by atoms with van der Waals surface area (Å²) in [5.41, 5.74) is 1.67. The van der Waals surface area contributed by atoms with Gasteiger partial charge in [-0.05, 0) is 48.2 Å². The van der Waals surface area contributed by atoms with Crippen molar-refractivity contribution in [2.45, 2.75) is 36.1 Å². The van der Waals surface area contributed by atoms with E-state index in [1.807, 2.05) is 0 Å². The van der Waals surface area contributed by atoms with Crippen LogP contribution in [-0.4, -0.2) is 36.8 Å². The molecule has 13 nitrogen and oxygen atoms in total. The second-order valence-electron chi connectivity index (χ2n) is 10.1. The largest absolute Gasteiger partial charge is 0.280 e. The number of non-ortho nitro benzene ring substituents is 2. The van der Waals surface area contributed by atoms with Gasteiger partial charge in [-0.15, -0.1) is 0 Å². The minimum Gasteiger partial charge on any atom is -0.280 e. The maximum Gasteiger partial charge on any atom is 0.280 e. The molecule has 4 aromatic rings. The zero-order valence-corrected chi connectivity index (χ0v) is 24.9. The Balaban J connectivity index is 1.48. The van der Waals surface area contributed by atoms with E-state index in [4.69, 9.17) is 0 Å². The SMILES string of the molecule is Cc1ccc([N+](=O)[O-])cc1S(=O)(=O)Nc1ccc(C2=NN(S(=O)(=O)c3cc([N+](=O)[O-])ccc3C)C(c3ccccc3)C2)cc1. The van der Waals surface area contributed by atoms with E-state index in [1.165, 1.54) is 43.3 Å². The van der Waals surface area contributed by atoms with E-state index in [9.17, 15) is 37.1 Å². The number of anilines is 1. The third-order valence-electron chi connectivity index (χ3n) is 7.11. The number of aryl methyl sites for hydroxylation is 2. The molecule has 1 unspecified atom stereocenters. The van der Waals surface area contributed by atoms with Crippen LogP contribution >= 0.6 is 0 Å². The number of benzene rings is 4. The van der Waals surface area contributed by atoms with Gasteiger partial charge in [-0.3, -0.25) is 25.0 Å². The molecule has 1 N–H and O–H groups in total. The fourth-order valence-corrected chi connectivity index (χ4v) is 7.83. The molecular weight excluding hydrogens is 610 g/mol. The zero-order valence-electron chi connectivity index (χ0n) is 23.3. The van der Waals surface area contributed by atoms with Gasteiger partial charge in [0.2, 0.25) is 0 Å². The van der Waals surface area contributed by atoms with Gasteiger partial charge in [-0.1, -0.05) is 54.6 Å². The van der Waals surface area contributed by atoms with Crippen molar-refractivity contribution in [1.82, 2.24) is 4.41 Å². The van der Waals surface area contributed by atoms with Gasteiger partial charge in [0.15, 0.2) is 0 Å². The maximum atomic E-state index is 13.9. The summed E-state index contributed by atoms with van der Waals surface area (Å²) in [5.74, 6) is 0. The van der Waals surface area contributed by atoms with Crippen molar-refractivity contribution in [2.24, 2.45) is 5.10 Å². The lowest BCUT2D eigenvalue weighted by Gasteiger charge is -2.24. The van der Waals surface area contributed by atoms with Crippen LogP contribution in [0.3, 0.4) is 0 Å². The molecule has 1 aliphatic heterocycles. The number of nitrogens with zero attached hydrogens (tertiary/aromatic N) is 4. The van der Waals surface area contributed by atoms with Crippen LogP contribution in [0.25, 0.3) is 0 Å². The van der Waals surface area contributed by atoms with Gasteiger partial charge >= 0.3 is 0 Å². The Morgan fingerprint density at radius 3 is 1.89 bits per heavy atom. The van der Waals surface area contributed by atoms with Gasteiger partial charge in [-0.25, -0.2) is 8.42 Å². The molecule has 15 heteroatoms. The van der Waals surface area contributed by atoms with Crippen LogP contribution in [0.4, 0.5) is 17.1 Å². The van der Waals surface area contributed by atoms with Crippen LogP contribution in [0.1, 0.15) is 34.7 Å². The smallest absolute Gasteiger partial charge is 0.280 e. The summed E-state index contributed by atoms with van der Waals surface area (Å²) >= 11 is 0. The Morgan fingerprint density at radius 2 is 1.32 bits per heavy atom. The van der Waals surface area contributed by atoms with Gasteiger partial charge in [0, 0.05) is 36.4 Å². The number of hydrogen-bond acceptors (Lipinski definition) is 9. The summed E-state index contributed by atoms with van der Waals surface area (Å²) in [6.07, 6.45) is 0.176. The predicted octanol–water partition coefficient (Wildman–Crippen LogP) is 5.46. The molecule has 0 bridgehead atoms. The highest BCUT2D eigenvalue weighted by molar-refractivity contribution is 7.92. The Hall–Kier alpha value is -5.15. The molecule has 5 rings (SSSR count). The highest BCUT2D eigenvalue weighted by Gasteiger charge is 2.39. The normalized spacial score (nSPS) is 15.1. The molecule has 1 heterocycles. The molecule has 1 aliphatic rings. The lowest BCUT2D eigenvalue weighted by Crippen LogP contribution is -2.28. The van der Waals surface area contributed by atoms with Crippen LogP contribution in [0.5, 0.6) is 0 Å². The highest BCUT2D eigenvalue weighted by Crippen LogP contribution is 2.38. The molecule has 4 aromatic carbocycles. The van der Waals surface area contributed by atoms with Crippen molar-refractivity contribution in [3.8, 4) is 0 Å². The van der Waals surface area contributed by atoms with E-state index >= 15 is 0 Å². The van der Waals surface area contributed by atoms with E-state index in [-0.39, 0.29) is 33.3 Å². The first-order chi connectivity index (χ1) is 20.8. The molecule has 0 spiro atoms. The number of hydrogen-bond donors (Lipinski definition) is 1. The zero-order chi connectivity index (χ0) is 31.8. The van der Waals surface area contributed by atoms with Crippen LogP contribution in [0, 0.1) is 34.1 Å². The van der Waals surface area contributed by atoms with Crippen LogP contribution in [0.2, 0.25) is 0 Å². The Labute approximate surface area is 252 Å². The first-order valence-electron chi connectivity index (χ1n) is 13.1. The van der Waals surface area contributed by atoms with E-state index < -0.39 is 35.9 Å². The molecular formula is C29H25N5O8S2. The molecule has 0 saturated heterocycles. The number of rotatable bonds is 9. The minimum absolute atomic E-state index is 0.176. The van der Waals surface area contributed by atoms with Crippen LogP contribution < -0.4 is 4.72 Å². The highest BCUT2D eigenvalue weighted by atomic mass is 32.2. The van der Waals surface area contributed by atoms with E-state index in [0.717, 1.165) is 16.5 Å². The summed E-state index contributed by atoms with van der Waals surface area (Å²) in [6, 6.07) is 21.4. The van der Waals surface area contributed by atoms with Crippen molar-refractivity contribution in [3.63, 3.8) is 0 Å². The minimum atomic E-state index is -4.34. The van der Waals surface area contributed by atoms with Crippen molar-refractivity contribution in [1.29, 1.82) is 0 Å². The third-order valence-corrected chi connectivity index (χ3v) is 10.5. The van der Waals surface area contributed by atoms with Gasteiger partial charge in [-0.2, -0.15) is 17.9 Å². The molecule has 0 radical (unpaired) electrons. The summed E-state index contributed by atoms with van der Waals surface area (Å²) in [7, 11) is -8.51. The standard InChI is InChI=1S/C29H25N5O8S2/c1-19-8-14-24(33(35)36)16-28(19)43(39,40)31-23-12-10-21(11-13-23)26-18-27(22-6-4-3-5-7-22)32(30-26)44(41,42)29-17-25(34(37)38)15-9-20(29)2/h3-17,27,31H,18H2,1-2H3. The van der Waals surface area contributed by atoms with E-state index in [0.29, 0.717) is 28.0 Å². The predicted molar refractivity (Wildman–Crippen MR) is 162 cm³/mol. The van der Waals surface area contributed by atoms with Crippen molar-refractivity contribution >= 4 is 42.8 Å². The number of sulfonamides is 2. The fourth-order valence-electron chi connectivity index (χ4n) is 4.82. The quantitative estimate of drug-likeness (QED) is 0.186. The molecule has 0 saturated carbocycles. The topological polar surface area (TPSA) is 182 Å². The van der Waals surface area contributed by atoms with Crippen molar-refractivity contribution in [3.05, 3.63) is 133 Å². The Kier molecular flexibility index (Phi) is 7.92. The molecule has 44 heavy (non-hydrogen) atoms. The lowest BCUT2D eigenvalue weighted by atomic mass is 9.99. The lowest BCUT2D eigenvalue weighted by molar-refractivity contribution is -0.385. The van der Waals surface area contributed by atoms with Crippen molar-refractivity contribution in [2.75, 3.05) is 4.72 Å². The fraction of sp³-hybridized carbons (Fsp3) is 0.138. The summed E-state index contributed by atoms with van der Waals surface area (Å²) in [4.78, 5) is 20.7. The number of nitro groups is 2. The Morgan fingerprint density at radius 1 is 0.773 bits per heavy atom. The number of nitro benzene ring substituents is 2. The van der Waals surface area contributed by atoms with Crippen LogP contribution in [0.15, 0.2) is 106 Å². The average Bonchev–Trinajstić information content (AvgIpc) is 3.44. The molecule has 0 fully saturated rings. The van der Waals surface area contributed by atoms with Crippen LogP contribution in [-0.2, 0) is 20.0 Å². The van der Waals surface area contributed by atoms with Gasteiger partial charge < -0.3 is 0 Å². The molecule has 1 atom stereocenters. The molecule has 0 aromatic heterocycles. The summed E-state index contributed by atoms with van der Waals surface area (Å²) < 4.78 is 57.3. The molecule has 226 valence electrons. The number of nitrogens with one attached hydrogen (secondary N) is 1. The maximum absolute atomic E-state index is 13.9. The first-order valence-corrected chi connectivity index (χ1v) is 16.0. The number of hydrazone groups is 1. The van der Waals surface area contributed by atoms with E-state index in [1.54, 1.807) is 49.4 Å². The summed E-state index contributed by atoms with van der Waals surface area (Å²) in [5, 5.41) is 27.0. The van der Waals surface area contributed by atoms with Crippen molar-refractivity contribution < 1.29 is 26.7 Å². The monoisotopic (exact) mass is 635 g/mol. The average molecular weight is 636 g/mol. The second kappa shape index (κ2) is 11.5. The molecule has 0 amide bonds. The van der Waals surface area contributed by atoms with E-state index in [2.05, 4.69) is 9.82 Å². The summed E-state index contributed by atoms with van der Waals surface area (Å²) in [6.45, 7) is 3.07.